The molecule has 0 saturated carbocycles. The van der Waals surface area contributed by atoms with E-state index in [2.05, 4.69) is 16.0 Å². The number of nitrogens with zero attached hydrogens (tertiary/aromatic N) is 1. The normalized spacial score (nSPS) is 12.3. The second-order valence-corrected chi connectivity index (χ2v) is 10.2. The molecule has 4 N–H and O–H groups in total. The highest BCUT2D eigenvalue weighted by Crippen LogP contribution is 2.28. The van der Waals surface area contributed by atoms with Gasteiger partial charge in [-0.25, -0.2) is 0 Å². The summed E-state index contributed by atoms with van der Waals surface area (Å²) in [5, 5.41) is 19.1. The van der Waals surface area contributed by atoms with Crippen LogP contribution in [0.4, 0.5) is 11.4 Å². The van der Waals surface area contributed by atoms with Gasteiger partial charge in [-0.1, -0.05) is 12.1 Å². The van der Waals surface area contributed by atoms with Crippen LogP contribution in [0.15, 0.2) is 42.6 Å². The maximum atomic E-state index is 13.4. The summed E-state index contributed by atoms with van der Waals surface area (Å²) in [6.45, 7) is 9.60. The van der Waals surface area contributed by atoms with E-state index in [1.54, 1.807) is 13.1 Å². The molecule has 1 aromatic heterocycles. The van der Waals surface area contributed by atoms with Gasteiger partial charge in [0.15, 0.2) is 0 Å². The summed E-state index contributed by atoms with van der Waals surface area (Å²) in [6, 6.07) is 10.7. The lowest BCUT2D eigenvalue weighted by Crippen LogP contribution is -2.40. The van der Waals surface area contributed by atoms with Gasteiger partial charge in [0.25, 0.3) is 5.91 Å². The molecule has 192 valence electrons. The third kappa shape index (κ3) is 6.44. The molecule has 3 rings (SSSR count). The molecule has 0 radical (unpaired) electrons. The number of benzene rings is 2. The predicted molar refractivity (Wildman–Crippen MR) is 144 cm³/mol. The SMILES string of the molecule is CNc1ccc(CCCC(=O)O)c(NC(=O)C(C)n2cc(C)c3ccc(C(=O)NC(C)(C)C)cc32)c1. The third-order valence-electron chi connectivity index (χ3n) is 6.07. The fourth-order valence-electron chi connectivity index (χ4n) is 4.16. The topological polar surface area (TPSA) is 112 Å². The number of hydrogen-bond acceptors (Lipinski definition) is 4. The molecule has 1 atom stereocenters. The van der Waals surface area contributed by atoms with Crippen molar-refractivity contribution < 1.29 is 19.5 Å². The average Bonchev–Trinajstić information content (AvgIpc) is 3.13. The van der Waals surface area contributed by atoms with Crippen LogP contribution in [-0.2, 0) is 16.0 Å². The maximum absolute atomic E-state index is 13.4. The molecule has 0 spiro atoms. The number of anilines is 2. The van der Waals surface area contributed by atoms with Gasteiger partial charge in [-0.2, -0.15) is 0 Å². The number of carbonyl (C=O) groups excluding carboxylic acids is 2. The minimum absolute atomic E-state index is 0.0668. The Balaban J connectivity index is 1.89. The van der Waals surface area contributed by atoms with E-state index in [-0.39, 0.29) is 23.8 Å². The van der Waals surface area contributed by atoms with Crippen molar-refractivity contribution in [3.63, 3.8) is 0 Å². The van der Waals surface area contributed by atoms with Crippen molar-refractivity contribution in [1.82, 2.24) is 9.88 Å². The van der Waals surface area contributed by atoms with Crippen LogP contribution < -0.4 is 16.0 Å². The van der Waals surface area contributed by atoms with E-state index in [0.29, 0.717) is 24.1 Å². The highest BCUT2D eigenvalue weighted by molar-refractivity contribution is 6.00. The van der Waals surface area contributed by atoms with Gasteiger partial charge in [-0.15, -0.1) is 0 Å². The number of aliphatic carboxylic acids is 1. The van der Waals surface area contributed by atoms with Crippen molar-refractivity contribution in [1.29, 1.82) is 0 Å². The molecule has 2 amide bonds. The fourth-order valence-corrected chi connectivity index (χ4v) is 4.16. The molecular formula is C28H36N4O4. The zero-order valence-electron chi connectivity index (χ0n) is 21.9. The van der Waals surface area contributed by atoms with Crippen molar-refractivity contribution in [2.24, 2.45) is 0 Å². The second-order valence-electron chi connectivity index (χ2n) is 10.2. The Morgan fingerprint density at radius 1 is 1.08 bits per heavy atom. The molecule has 3 aromatic rings. The summed E-state index contributed by atoms with van der Waals surface area (Å²) in [4.78, 5) is 37.1. The average molecular weight is 493 g/mol. The highest BCUT2D eigenvalue weighted by atomic mass is 16.4. The molecule has 0 aliphatic heterocycles. The third-order valence-corrected chi connectivity index (χ3v) is 6.07. The Morgan fingerprint density at radius 2 is 1.81 bits per heavy atom. The maximum Gasteiger partial charge on any atom is 0.303 e. The Labute approximate surface area is 212 Å². The van der Waals surface area contributed by atoms with Crippen molar-refractivity contribution in [3.8, 4) is 0 Å². The minimum atomic E-state index is -0.841. The van der Waals surface area contributed by atoms with Crippen molar-refractivity contribution in [2.45, 2.75) is 65.5 Å². The fraction of sp³-hybridized carbons (Fsp3) is 0.393. The molecule has 1 heterocycles. The number of nitrogens with one attached hydrogen (secondary N) is 3. The van der Waals surface area contributed by atoms with Gasteiger partial charge in [0.2, 0.25) is 5.91 Å². The van der Waals surface area contributed by atoms with Crippen LogP contribution in [0.1, 0.15) is 68.1 Å². The van der Waals surface area contributed by atoms with Crippen molar-refractivity contribution >= 4 is 40.1 Å². The molecule has 36 heavy (non-hydrogen) atoms. The van der Waals surface area contributed by atoms with Crippen LogP contribution in [0, 0.1) is 6.92 Å². The molecular weight excluding hydrogens is 456 g/mol. The largest absolute Gasteiger partial charge is 0.481 e. The number of aryl methyl sites for hydroxylation is 2. The molecule has 0 aliphatic carbocycles. The van der Waals surface area contributed by atoms with E-state index in [4.69, 9.17) is 5.11 Å². The Hall–Kier alpha value is -3.81. The predicted octanol–water partition coefficient (Wildman–Crippen LogP) is 5.13. The number of carboxylic acid groups (broad SMARTS) is 1. The van der Waals surface area contributed by atoms with Gasteiger partial charge in [0, 0.05) is 53.0 Å². The molecule has 8 nitrogen and oxygen atoms in total. The smallest absolute Gasteiger partial charge is 0.303 e. The summed E-state index contributed by atoms with van der Waals surface area (Å²) in [5.41, 5.74) is 4.37. The monoisotopic (exact) mass is 492 g/mol. The summed E-state index contributed by atoms with van der Waals surface area (Å²) < 4.78 is 1.89. The summed E-state index contributed by atoms with van der Waals surface area (Å²) >= 11 is 0. The molecule has 0 aliphatic rings. The van der Waals surface area contributed by atoms with Crippen LogP contribution >= 0.6 is 0 Å². The zero-order chi connectivity index (χ0) is 26.6. The highest BCUT2D eigenvalue weighted by Gasteiger charge is 2.21. The van der Waals surface area contributed by atoms with Crippen molar-refractivity contribution in [2.75, 3.05) is 17.7 Å². The van der Waals surface area contributed by atoms with Gasteiger partial charge in [0.05, 0.1) is 0 Å². The van der Waals surface area contributed by atoms with Gasteiger partial charge < -0.3 is 25.6 Å². The molecule has 0 bridgehead atoms. The standard InChI is InChI=1S/C28H36N4O4/c1-17-16-32(24-14-20(11-13-22(17)24)27(36)31-28(3,4)5)18(2)26(35)30-23-15-21(29-6)12-10-19(23)8-7-9-25(33)34/h10-16,18,29H,7-9H2,1-6H3,(H,30,35)(H,31,36)(H,33,34). The van der Waals surface area contributed by atoms with E-state index in [0.717, 1.165) is 27.7 Å². The Kier molecular flexibility index (Phi) is 8.07. The van der Waals surface area contributed by atoms with Crippen LogP contribution in [0.25, 0.3) is 10.9 Å². The molecule has 1 unspecified atom stereocenters. The number of carbonyl (C=O) groups is 3. The van der Waals surface area contributed by atoms with Crippen LogP contribution in [0.5, 0.6) is 0 Å². The summed E-state index contributed by atoms with van der Waals surface area (Å²) in [7, 11) is 1.80. The van der Waals surface area contributed by atoms with E-state index in [1.807, 2.05) is 75.7 Å². The second kappa shape index (κ2) is 10.8. The quantitative estimate of drug-likeness (QED) is 0.331. The lowest BCUT2D eigenvalue weighted by molar-refractivity contribution is -0.137. The van der Waals surface area contributed by atoms with Crippen LogP contribution in [0.2, 0.25) is 0 Å². The summed E-state index contributed by atoms with van der Waals surface area (Å²) in [6.07, 6.45) is 3.01. The first kappa shape index (κ1) is 26.8. The van der Waals surface area contributed by atoms with Crippen LogP contribution in [-0.4, -0.2) is 40.0 Å². The molecule has 0 fully saturated rings. The number of aromatic nitrogens is 1. The van der Waals surface area contributed by atoms with Gasteiger partial charge in [-0.05, 0) is 82.9 Å². The van der Waals surface area contributed by atoms with E-state index in [9.17, 15) is 14.4 Å². The van der Waals surface area contributed by atoms with Crippen LogP contribution in [0.3, 0.4) is 0 Å². The van der Waals surface area contributed by atoms with E-state index in [1.165, 1.54) is 0 Å². The first-order chi connectivity index (χ1) is 16.9. The first-order valence-electron chi connectivity index (χ1n) is 12.2. The first-order valence-corrected chi connectivity index (χ1v) is 12.2. The number of hydrogen-bond donors (Lipinski definition) is 4. The number of rotatable bonds is 9. The van der Waals surface area contributed by atoms with Crippen molar-refractivity contribution in [3.05, 3.63) is 59.3 Å². The number of fused-ring (bicyclic) bond motifs is 1. The van der Waals surface area contributed by atoms with Gasteiger partial charge in [0.1, 0.15) is 6.04 Å². The molecule has 0 saturated heterocycles. The van der Waals surface area contributed by atoms with Gasteiger partial charge in [-0.3, -0.25) is 14.4 Å². The van der Waals surface area contributed by atoms with Gasteiger partial charge >= 0.3 is 5.97 Å². The Morgan fingerprint density at radius 3 is 2.44 bits per heavy atom. The molecule has 2 aromatic carbocycles. The van der Waals surface area contributed by atoms with E-state index >= 15 is 0 Å². The number of amides is 2. The molecule has 8 heteroatoms. The Bertz CT molecular complexity index is 1290. The minimum Gasteiger partial charge on any atom is -0.481 e. The summed E-state index contributed by atoms with van der Waals surface area (Å²) in [5.74, 6) is -1.21. The zero-order valence-corrected chi connectivity index (χ0v) is 21.9. The lowest BCUT2D eigenvalue weighted by Gasteiger charge is -2.21. The van der Waals surface area contributed by atoms with E-state index < -0.39 is 12.0 Å². The lowest BCUT2D eigenvalue weighted by atomic mass is 10.0. The number of carboxylic acids is 1.